The number of hydrogen-bond donors (Lipinski definition) is 1. The molecule has 0 saturated heterocycles. The van der Waals surface area contributed by atoms with Crippen molar-refractivity contribution in [2.24, 2.45) is 0 Å². The zero-order valence-electron chi connectivity index (χ0n) is 7.38. The maximum Gasteiger partial charge on any atom is 0.417 e. The first-order chi connectivity index (χ1) is 6.86. The van der Waals surface area contributed by atoms with Gasteiger partial charge in [0, 0.05) is 12.7 Å². The molecule has 1 aromatic heterocycles. The van der Waals surface area contributed by atoms with Crippen molar-refractivity contribution in [3.63, 3.8) is 0 Å². The Morgan fingerprint density at radius 3 is 2.53 bits per heavy atom. The van der Waals surface area contributed by atoms with Crippen molar-refractivity contribution >= 4 is 15.9 Å². The average Bonchev–Trinajstić information content (AvgIpc) is 2.11. The van der Waals surface area contributed by atoms with Crippen molar-refractivity contribution in [2.45, 2.75) is 12.7 Å². The first-order valence-corrected chi connectivity index (χ1v) is 4.73. The Balaban J connectivity index is 3.30. The van der Waals surface area contributed by atoms with Gasteiger partial charge in [-0.3, -0.25) is 4.79 Å². The predicted octanol–water partition coefficient (Wildman–Crippen LogP) is 1.62. The molecule has 0 aromatic carbocycles. The summed E-state index contributed by atoms with van der Waals surface area (Å²) in [5, 5.41) is 8.57. The van der Waals surface area contributed by atoms with Gasteiger partial charge in [0.25, 0.3) is 5.56 Å². The minimum absolute atomic E-state index is 0.165. The molecule has 0 bridgehead atoms. The number of hydrogen-bond acceptors (Lipinski definition) is 2. The van der Waals surface area contributed by atoms with E-state index in [-0.39, 0.29) is 11.0 Å². The van der Waals surface area contributed by atoms with E-state index in [4.69, 9.17) is 5.11 Å². The van der Waals surface area contributed by atoms with Gasteiger partial charge in [-0.15, -0.1) is 0 Å². The lowest BCUT2D eigenvalue weighted by atomic mass is 10.3. The van der Waals surface area contributed by atoms with Gasteiger partial charge >= 0.3 is 6.18 Å². The van der Waals surface area contributed by atoms with Crippen LogP contribution < -0.4 is 5.56 Å². The Morgan fingerprint density at radius 1 is 1.47 bits per heavy atom. The van der Waals surface area contributed by atoms with Gasteiger partial charge in [0.1, 0.15) is 0 Å². The average molecular weight is 286 g/mol. The third-order valence-corrected chi connectivity index (χ3v) is 2.28. The second kappa shape index (κ2) is 4.36. The fourth-order valence-corrected chi connectivity index (χ4v) is 1.50. The van der Waals surface area contributed by atoms with Crippen molar-refractivity contribution in [3.05, 3.63) is 32.7 Å². The molecule has 0 fully saturated rings. The van der Waals surface area contributed by atoms with Gasteiger partial charge in [0.05, 0.1) is 16.6 Å². The highest BCUT2D eigenvalue weighted by molar-refractivity contribution is 9.10. The minimum Gasteiger partial charge on any atom is -0.395 e. The van der Waals surface area contributed by atoms with Crippen LogP contribution in [-0.2, 0) is 12.7 Å². The zero-order chi connectivity index (χ0) is 11.6. The van der Waals surface area contributed by atoms with E-state index in [0.29, 0.717) is 6.20 Å². The van der Waals surface area contributed by atoms with Gasteiger partial charge in [0.15, 0.2) is 0 Å². The van der Waals surface area contributed by atoms with Gasteiger partial charge in [-0.1, -0.05) is 0 Å². The number of aliphatic hydroxyl groups is 1. The summed E-state index contributed by atoms with van der Waals surface area (Å²) in [5.74, 6) is 0. The third kappa shape index (κ3) is 2.82. The van der Waals surface area contributed by atoms with Crippen molar-refractivity contribution in [2.75, 3.05) is 6.61 Å². The van der Waals surface area contributed by atoms with Crippen LogP contribution in [0.25, 0.3) is 0 Å². The lowest BCUT2D eigenvalue weighted by Crippen LogP contribution is -2.24. The molecule has 0 aliphatic heterocycles. The highest BCUT2D eigenvalue weighted by Crippen LogP contribution is 2.29. The summed E-state index contributed by atoms with van der Waals surface area (Å²) in [4.78, 5) is 11.3. The molecule has 84 valence electrons. The molecule has 0 spiro atoms. The quantitative estimate of drug-likeness (QED) is 0.897. The van der Waals surface area contributed by atoms with Gasteiger partial charge in [-0.05, 0) is 22.0 Å². The summed E-state index contributed by atoms with van der Waals surface area (Å²) in [6.45, 7) is -0.561. The number of aliphatic hydroxyl groups excluding tert-OH is 1. The number of halogens is 4. The summed E-state index contributed by atoms with van der Waals surface area (Å²) in [6.07, 6.45) is -3.82. The number of nitrogens with zero attached hydrogens (tertiary/aromatic N) is 1. The lowest BCUT2D eigenvalue weighted by Gasteiger charge is -2.10. The van der Waals surface area contributed by atoms with Crippen LogP contribution in [0.4, 0.5) is 13.2 Å². The van der Waals surface area contributed by atoms with Gasteiger partial charge in [-0.25, -0.2) is 0 Å². The molecule has 0 saturated carbocycles. The smallest absolute Gasteiger partial charge is 0.395 e. The maximum atomic E-state index is 12.3. The zero-order valence-corrected chi connectivity index (χ0v) is 8.97. The Morgan fingerprint density at radius 2 is 2.07 bits per heavy atom. The molecule has 1 N–H and O–H groups in total. The summed E-state index contributed by atoms with van der Waals surface area (Å²) >= 11 is 2.74. The van der Waals surface area contributed by atoms with E-state index in [9.17, 15) is 18.0 Å². The molecule has 0 aliphatic carbocycles. The normalized spacial score (nSPS) is 11.8. The highest BCUT2D eigenvalue weighted by Gasteiger charge is 2.31. The van der Waals surface area contributed by atoms with Crippen LogP contribution in [0, 0.1) is 0 Å². The lowest BCUT2D eigenvalue weighted by molar-refractivity contribution is -0.138. The summed E-state index contributed by atoms with van der Waals surface area (Å²) < 4.78 is 37.6. The Hall–Kier alpha value is -0.820. The Bertz CT molecular complexity index is 413. The molecule has 0 atom stereocenters. The van der Waals surface area contributed by atoms with E-state index in [1.165, 1.54) is 0 Å². The monoisotopic (exact) mass is 285 g/mol. The molecule has 7 heteroatoms. The van der Waals surface area contributed by atoms with E-state index in [1.807, 2.05) is 0 Å². The van der Waals surface area contributed by atoms with Crippen LogP contribution in [-0.4, -0.2) is 16.3 Å². The molecule has 1 aromatic rings. The molecule has 0 radical (unpaired) electrons. The number of rotatable bonds is 2. The van der Waals surface area contributed by atoms with Gasteiger partial charge in [0.2, 0.25) is 0 Å². The van der Waals surface area contributed by atoms with Gasteiger partial charge in [-0.2, -0.15) is 13.2 Å². The van der Waals surface area contributed by atoms with Crippen molar-refractivity contribution in [1.82, 2.24) is 4.57 Å². The van der Waals surface area contributed by atoms with Crippen LogP contribution in [0.5, 0.6) is 0 Å². The molecule has 0 amide bonds. The molecule has 1 rings (SSSR count). The SMILES string of the molecule is O=c1c(Br)cc(C(F)(F)F)cn1CCO. The Kier molecular flexibility index (Phi) is 3.56. The molecule has 3 nitrogen and oxygen atoms in total. The largest absolute Gasteiger partial charge is 0.417 e. The first kappa shape index (κ1) is 12.3. The molecular weight excluding hydrogens is 279 g/mol. The molecule has 0 unspecified atom stereocenters. The molecule has 0 aliphatic rings. The predicted molar refractivity (Wildman–Crippen MR) is 50.5 cm³/mol. The van der Waals surface area contributed by atoms with E-state index in [1.54, 1.807) is 0 Å². The fraction of sp³-hybridized carbons (Fsp3) is 0.375. The van der Waals surface area contributed by atoms with E-state index in [0.717, 1.165) is 10.6 Å². The second-order valence-corrected chi connectivity index (χ2v) is 3.65. The topological polar surface area (TPSA) is 42.2 Å². The van der Waals surface area contributed by atoms with Crippen molar-refractivity contribution < 1.29 is 18.3 Å². The van der Waals surface area contributed by atoms with Crippen LogP contribution in [0.1, 0.15) is 5.56 Å². The molecule has 1 heterocycles. The van der Waals surface area contributed by atoms with Gasteiger partial charge < -0.3 is 9.67 Å². The molecular formula is C8H7BrF3NO2. The summed E-state index contributed by atoms with van der Waals surface area (Å²) in [7, 11) is 0. The maximum absolute atomic E-state index is 12.3. The van der Waals surface area contributed by atoms with Crippen LogP contribution in [0.15, 0.2) is 21.5 Å². The highest BCUT2D eigenvalue weighted by atomic mass is 79.9. The van der Waals surface area contributed by atoms with Crippen LogP contribution in [0.2, 0.25) is 0 Å². The number of aromatic nitrogens is 1. The van der Waals surface area contributed by atoms with Crippen molar-refractivity contribution in [1.29, 1.82) is 0 Å². The van der Waals surface area contributed by atoms with E-state index >= 15 is 0 Å². The second-order valence-electron chi connectivity index (χ2n) is 2.80. The number of pyridine rings is 1. The van der Waals surface area contributed by atoms with E-state index < -0.39 is 23.9 Å². The number of alkyl halides is 3. The minimum atomic E-state index is -4.51. The summed E-state index contributed by atoms with van der Waals surface area (Å²) in [5.41, 5.74) is -1.53. The standard InChI is InChI=1S/C8H7BrF3NO2/c9-6-3-5(8(10,11)12)4-13(1-2-14)7(6)15/h3-4,14H,1-2H2. The Labute approximate surface area is 91.3 Å². The summed E-state index contributed by atoms with van der Waals surface area (Å²) in [6, 6.07) is 0.718. The first-order valence-electron chi connectivity index (χ1n) is 3.94. The van der Waals surface area contributed by atoms with Crippen molar-refractivity contribution in [3.8, 4) is 0 Å². The fourth-order valence-electron chi connectivity index (χ4n) is 1.03. The van der Waals surface area contributed by atoms with E-state index in [2.05, 4.69) is 15.9 Å². The van der Waals surface area contributed by atoms with Crippen LogP contribution in [0.3, 0.4) is 0 Å². The molecule has 15 heavy (non-hydrogen) atoms. The van der Waals surface area contributed by atoms with Crippen LogP contribution >= 0.6 is 15.9 Å². The third-order valence-electron chi connectivity index (χ3n) is 1.71.